The van der Waals surface area contributed by atoms with Crippen LogP contribution >= 0.6 is 0 Å². The van der Waals surface area contributed by atoms with Crippen LogP contribution in [0.15, 0.2) is 60.7 Å². The predicted molar refractivity (Wildman–Crippen MR) is 101 cm³/mol. The van der Waals surface area contributed by atoms with Gasteiger partial charge in [0, 0.05) is 16.9 Å². The summed E-state index contributed by atoms with van der Waals surface area (Å²) in [7, 11) is 0. The number of para-hydroxylation sites is 1. The van der Waals surface area contributed by atoms with Crippen LogP contribution in [-0.4, -0.2) is 16.1 Å². The molecule has 0 saturated carbocycles. The summed E-state index contributed by atoms with van der Waals surface area (Å²) in [6.07, 6.45) is 0.266. The van der Waals surface area contributed by atoms with E-state index in [2.05, 4.69) is 60.6 Å². The molecule has 0 aliphatic rings. The van der Waals surface area contributed by atoms with Gasteiger partial charge in [-0.3, -0.25) is 9.89 Å². The van der Waals surface area contributed by atoms with Gasteiger partial charge >= 0.3 is 0 Å². The molecule has 0 aliphatic carbocycles. The van der Waals surface area contributed by atoms with Crippen molar-refractivity contribution in [1.82, 2.24) is 10.2 Å². The number of nitrogens with one attached hydrogen (secondary N) is 2. The highest BCUT2D eigenvalue weighted by atomic mass is 16.1. The molecule has 4 nitrogen and oxygen atoms in total. The number of carbonyl (C=O) groups excluding carboxylic acids is 1. The Labute approximate surface area is 148 Å². The minimum Gasteiger partial charge on any atom is -0.326 e. The van der Waals surface area contributed by atoms with Crippen LogP contribution in [0.5, 0.6) is 0 Å². The molecule has 0 atom stereocenters. The second kappa shape index (κ2) is 6.93. The Balaban J connectivity index is 1.67. The van der Waals surface area contributed by atoms with E-state index in [1.807, 2.05) is 36.4 Å². The molecular weight excluding hydrogens is 310 g/mol. The zero-order valence-corrected chi connectivity index (χ0v) is 14.8. The molecule has 1 heterocycles. The Bertz CT molecular complexity index is 843. The molecule has 0 saturated heterocycles. The van der Waals surface area contributed by atoms with Crippen LogP contribution in [0.25, 0.3) is 11.3 Å². The predicted octanol–water partition coefficient (Wildman–Crippen LogP) is 4.56. The van der Waals surface area contributed by atoms with Crippen molar-refractivity contribution in [3.63, 3.8) is 0 Å². The lowest BCUT2D eigenvalue weighted by Crippen LogP contribution is -2.14. The number of nitrogens with zero attached hydrogens (tertiary/aromatic N) is 1. The van der Waals surface area contributed by atoms with Gasteiger partial charge in [-0.1, -0.05) is 63.2 Å². The summed E-state index contributed by atoms with van der Waals surface area (Å²) in [4.78, 5) is 12.1. The molecule has 0 aliphatic heterocycles. The van der Waals surface area contributed by atoms with Crippen molar-refractivity contribution in [2.75, 3.05) is 5.32 Å². The van der Waals surface area contributed by atoms with E-state index in [1.165, 1.54) is 5.56 Å². The van der Waals surface area contributed by atoms with Crippen molar-refractivity contribution in [2.24, 2.45) is 0 Å². The van der Waals surface area contributed by atoms with E-state index in [0.717, 1.165) is 22.6 Å². The van der Waals surface area contributed by atoms with Gasteiger partial charge in [-0.05, 0) is 29.2 Å². The first kappa shape index (κ1) is 17.0. The van der Waals surface area contributed by atoms with Crippen LogP contribution < -0.4 is 5.32 Å². The molecule has 0 spiro atoms. The van der Waals surface area contributed by atoms with Gasteiger partial charge in [0.15, 0.2) is 0 Å². The number of carbonyl (C=O) groups is 1. The summed E-state index contributed by atoms with van der Waals surface area (Å²) < 4.78 is 0. The average Bonchev–Trinajstić information content (AvgIpc) is 3.03. The third kappa shape index (κ3) is 4.35. The van der Waals surface area contributed by atoms with Crippen LogP contribution in [0.2, 0.25) is 0 Å². The Morgan fingerprint density at radius 3 is 2.36 bits per heavy atom. The van der Waals surface area contributed by atoms with Gasteiger partial charge in [0.1, 0.15) is 0 Å². The van der Waals surface area contributed by atoms with Crippen molar-refractivity contribution < 1.29 is 4.79 Å². The average molecular weight is 333 g/mol. The molecule has 25 heavy (non-hydrogen) atoms. The lowest BCUT2D eigenvalue weighted by molar-refractivity contribution is -0.115. The molecule has 3 rings (SSSR count). The van der Waals surface area contributed by atoms with Crippen LogP contribution in [-0.2, 0) is 16.6 Å². The normalized spacial score (nSPS) is 11.3. The number of rotatable bonds is 4. The molecule has 2 N–H and O–H groups in total. The first-order valence-electron chi connectivity index (χ1n) is 8.42. The summed E-state index contributed by atoms with van der Waals surface area (Å²) in [6.45, 7) is 6.58. The second-order valence-electron chi connectivity index (χ2n) is 7.20. The van der Waals surface area contributed by atoms with Crippen LogP contribution in [0.3, 0.4) is 0 Å². The lowest BCUT2D eigenvalue weighted by Gasteiger charge is -2.18. The number of H-pyrrole nitrogens is 1. The lowest BCUT2D eigenvalue weighted by atomic mass is 9.86. The summed E-state index contributed by atoms with van der Waals surface area (Å²) in [5.74, 6) is -0.0653. The van der Waals surface area contributed by atoms with Gasteiger partial charge in [0.2, 0.25) is 5.91 Å². The molecule has 0 fully saturated rings. The third-order valence-corrected chi connectivity index (χ3v) is 4.09. The largest absolute Gasteiger partial charge is 0.326 e. The van der Waals surface area contributed by atoms with Gasteiger partial charge in [-0.15, -0.1) is 0 Å². The summed E-state index contributed by atoms with van der Waals surface area (Å²) in [5, 5.41) is 10.2. The maximum atomic E-state index is 12.1. The van der Waals surface area contributed by atoms with E-state index in [4.69, 9.17) is 0 Å². The molecule has 1 amide bonds. The molecule has 3 aromatic rings. The van der Waals surface area contributed by atoms with Crippen molar-refractivity contribution in [3.05, 3.63) is 71.9 Å². The standard InChI is InChI=1S/C21H23N3O/c1-21(2,3)16-11-9-15(10-12-16)19-13-18(23-24-19)14-20(25)22-17-7-5-4-6-8-17/h4-13H,14H2,1-3H3,(H,22,25)(H,23,24). The minimum atomic E-state index is -0.0653. The van der Waals surface area contributed by atoms with Gasteiger partial charge < -0.3 is 5.32 Å². The highest BCUT2D eigenvalue weighted by Gasteiger charge is 2.14. The van der Waals surface area contributed by atoms with Crippen LogP contribution in [0.1, 0.15) is 32.0 Å². The number of aromatic amines is 1. The fourth-order valence-corrected chi connectivity index (χ4v) is 2.64. The summed E-state index contributed by atoms with van der Waals surface area (Å²) in [6, 6.07) is 19.8. The number of hydrogen-bond acceptors (Lipinski definition) is 2. The molecule has 0 unspecified atom stereocenters. The van der Waals surface area contributed by atoms with E-state index < -0.39 is 0 Å². The smallest absolute Gasteiger partial charge is 0.230 e. The zero-order chi connectivity index (χ0) is 17.9. The van der Waals surface area contributed by atoms with E-state index in [-0.39, 0.29) is 17.7 Å². The maximum absolute atomic E-state index is 12.1. The maximum Gasteiger partial charge on any atom is 0.230 e. The molecular formula is C21H23N3O. The molecule has 0 radical (unpaired) electrons. The third-order valence-electron chi connectivity index (χ3n) is 4.09. The van der Waals surface area contributed by atoms with Crippen molar-refractivity contribution in [3.8, 4) is 11.3 Å². The molecule has 0 bridgehead atoms. The molecule has 128 valence electrons. The SMILES string of the molecule is CC(C)(C)c1ccc(-c2cc(CC(=O)Nc3ccccc3)[nH]n2)cc1. The summed E-state index contributed by atoms with van der Waals surface area (Å²) >= 11 is 0. The van der Waals surface area contributed by atoms with Crippen molar-refractivity contribution in [2.45, 2.75) is 32.6 Å². The first-order chi connectivity index (χ1) is 11.9. The van der Waals surface area contributed by atoms with Crippen LogP contribution in [0, 0.1) is 0 Å². The Kier molecular flexibility index (Phi) is 4.70. The molecule has 2 aromatic carbocycles. The highest BCUT2D eigenvalue weighted by Crippen LogP contribution is 2.25. The molecule has 4 heteroatoms. The van der Waals surface area contributed by atoms with E-state index in [0.29, 0.717) is 0 Å². The monoisotopic (exact) mass is 333 g/mol. The number of benzene rings is 2. The Hall–Kier alpha value is -2.88. The highest BCUT2D eigenvalue weighted by molar-refractivity contribution is 5.92. The second-order valence-corrected chi connectivity index (χ2v) is 7.20. The first-order valence-corrected chi connectivity index (χ1v) is 8.42. The van der Waals surface area contributed by atoms with Gasteiger partial charge in [-0.25, -0.2) is 0 Å². The fourth-order valence-electron chi connectivity index (χ4n) is 2.64. The topological polar surface area (TPSA) is 57.8 Å². The zero-order valence-electron chi connectivity index (χ0n) is 14.8. The van der Waals surface area contributed by atoms with Crippen molar-refractivity contribution in [1.29, 1.82) is 0 Å². The van der Waals surface area contributed by atoms with Crippen molar-refractivity contribution >= 4 is 11.6 Å². The number of hydrogen-bond donors (Lipinski definition) is 2. The quantitative estimate of drug-likeness (QED) is 0.735. The summed E-state index contributed by atoms with van der Waals surface area (Å²) in [5.41, 5.74) is 4.90. The fraction of sp³-hybridized carbons (Fsp3) is 0.238. The number of aromatic nitrogens is 2. The van der Waals surface area contributed by atoms with Crippen LogP contribution in [0.4, 0.5) is 5.69 Å². The van der Waals surface area contributed by atoms with E-state index >= 15 is 0 Å². The number of anilines is 1. The minimum absolute atomic E-state index is 0.0653. The van der Waals surface area contributed by atoms with Gasteiger partial charge in [-0.2, -0.15) is 5.10 Å². The van der Waals surface area contributed by atoms with E-state index in [1.54, 1.807) is 0 Å². The Morgan fingerprint density at radius 2 is 1.72 bits per heavy atom. The molecule has 1 aromatic heterocycles. The van der Waals surface area contributed by atoms with E-state index in [9.17, 15) is 4.79 Å². The Morgan fingerprint density at radius 1 is 1.04 bits per heavy atom. The number of amides is 1. The van der Waals surface area contributed by atoms with Gasteiger partial charge in [0.05, 0.1) is 12.1 Å². The van der Waals surface area contributed by atoms with Gasteiger partial charge in [0.25, 0.3) is 0 Å².